The molecule has 0 spiro atoms. The molecule has 1 aliphatic heterocycles. The highest BCUT2D eigenvalue weighted by molar-refractivity contribution is 6.31. The molecule has 0 aromatic heterocycles. The maximum Gasteiger partial charge on any atom is 0.224 e. The molecule has 190 valence electrons. The van der Waals surface area contributed by atoms with Gasteiger partial charge in [-0.25, -0.2) is 0 Å². The second-order valence-corrected chi connectivity index (χ2v) is 11.8. The largest absolute Gasteiger partial charge is 0.357 e. The number of amides is 1. The van der Waals surface area contributed by atoms with Crippen molar-refractivity contribution >= 4 is 46.3 Å². The van der Waals surface area contributed by atoms with Gasteiger partial charge in [-0.3, -0.25) is 14.5 Å². The van der Waals surface area contributed by atoms with E-state index in [9.17, 15) is 9.59 Å². The van der Waals surface area contributed by atoms with Gasteiger partial charge in [-0.05, 0) is 64.8 Å². The fraction of sp³-hybridized carbons (Fsp3) is 0.290. The van der Waals surface area contributed by atoms with E-state index in [0.29, 0.717) is 39.8 Å². The van der Waals surface area contributed by atoms with Crippen LogP contribution >= 0.6 is 23.2 Å². The number of allylic oxidation sites excluding steroid dienone is 1. The fourth-order valence-corrected chi connectivity index (χ4v) is 5.72. The number of hydrogen-bond acceptors (Lipinski definition) is 3. The Kier molecular flexibility index (Phi) is 6.68. The first-order valence-electron chi connectivity index (χ1n) is 12.5. The van der Waals surface area contributed by atoms with Crippen LogP contribution in [0.3, 0.4) is 0 Å². The zero-order chi connectivity index (χ0) is 26.5. The normalized spacial score (nSPS) is 19.6. The summed E-state index contributed by atoms with van der Waals surface area (Å²) in [5.41, 5.74) is 6.03. The van der Waals surface area contributed by atoms with Crippen LogP contribution in [0.15, 0.2) is 78.0 Å². The summed E-state index contributed by atoms with van der Waals surface area (Å²) in [5.74, 6) is -0.105. The van der Waals surface area contributed by atoms with Gasteiger partial charge in [0.25, 0.3) is 0 Å². The SMILES string of the molecule is CC(=O)N1c2ccc(Cl)cc2NC2=C(C(=O)C[C@H](c3ccc(Cl)cc3)C2)[C@@H]1c1ccc(C(C)(C)C)cc1. The van der Waals surface area contributed by atoms with Gasteiger partial charge in [0.15, 0.2) is 5.78 Å². The van der Waals surface area contributed by atoms with Crippen molar-refractivity contribution in [3.05, 3.63) is 105 Å². The van der Waals surface area contributed by atoms with Gasteiger partial charge >= 0.3 is 0 Å². The van der Waals surface area contributed by atoms with Crippen LogP contribution in [0.25, 0.3) is 0 Å². The molecule has 6 heteroatoms. The van der Waals surface area contributed by atoms with Crippen LogP contribution in [-0.2, 0) is 15.0 Å². The van der Waals surface area contributed by atoms with E-state index in [4.69, 9.17) is 23.2 Å². The maximum atomic E-state index is 13.9. The quantitative estimate of drug-likeness (QED) is 0.361. The predicted octanol–water partition coefficient (Wildman–Crippen LogP) is 8.21. The van der Waals surface area contributed by atoms with Crippen molar-refractivity contribution in [3.8, 4) is 0 Å². The molecule has 5 rings (SSSR count). The molecule has 0 bridgehead atoms. The number of hydrogen-bond donors (Lipinski definition) is 1. The third kappa shape index (κ3) is 4.93. The minimum Gasteiger partial charge on any atom is -0.357 e. The van der Waals surface area contributed by atoms with E-state index in [-0.39, 0.29) is 23.0 Å². The van der Waals surface area contributed by atoms with E-state index in [1.807, 2.05) is 48.5 Å². The summed E-state index contributed by atoms with van der Waals surface area (Å²) in [5, 5.41) is 4.74. The monoisotopic (exact) mass is 532 g/mol. The number of benzene rings is 3. The van der Waals surface area contributed by atoms with E-state index in [0.717, 1.165) is 16.8 Å². The van der Waals surface area contributed by atoms with Crippen LogP contribution in [0.4, 0.5) is 11.4 Å². The number of ketones is 1. The van der Waals surface area contributed by atoms with Gasteiger partial charge in [0, 0.05) is 34.7 Å². The minimum absolute atomic E-state index is 0.00597. The maximum absolute atomic E-state index is 13.9. The zero-order valence-electron chi connectivity index (χ0n) is 21.4. The number of anilines is 2. The van der Waals surface area contributed by atoms with E-state index < -0.39 is 6.04 Å². The number of halogens is 2. The molecule has 3 aromatic carbocycles. The second-order valence-electron chi connectivity index (χ2n) is 10.9. The van der Waals surface area contributed by atoms with Crippen molar-refractivity contribution in [2.75, 3.05) is 10.2 Å². The molecule has 0 saturated carbocycles. The summed E-state index contributed by atoms with van der Waals surface area (Å²) in [7, 11) is 0. The van der Waals surface area contributed by atoms with Gasteiger partial charge in [0.2, 0.25) is 5.91 Å². The topological polar surface area (TPSA) is 49.4 Å². The number of carbonyl (C=O) groups is 2. The smallest absolute Gasteiger partial charge is 0.224 e. The Morgan fingerprint density at radius 3 is 2.14 bits per heavy atom. The molecule has 37 heavy (non-hydrogen) atoms. The van der Waals surface area contributed by atoms with Crippen LogP contribution < -0.4 is 10.2 Å². The highest BCUT2D eigenvalue weighted by Crippen LogP contribution is 2.48. The molecule has 2 atom stereocenters. The Hall–Kier alpha value is -3.08. The lowest BCUT2D eigenvalue weighted by Crippen LogP contribution is -2.37. The van der Waals surface area contributed by atoms with Gasteiger partial charge < -0.3 is 5.32 Å². The number of rotatable bonds is 2. The van der Waals surface area contributed by atoms with Crippen LogP contribution in [-0.4, -0.2) is 11.7 Å². The van der Waals surface area contributed by atoms with Crippen LogP contribution in [0, 0.1) is 0 Å². The Morgan fingerprint density at radius 2 is 1.51 bits per heavy atom. The molecule has 1 N–H and O–H groups in total. The van der Waals surface area contributed by atoms with Crippen molar-refractivity contribution in [1.82, 2.24) is 0 Å². The molecule has 2 aliphatic rings. The highest BCUT2D eigenvalue weighted by atomic mass is 35.5. The third-order valence-corrected chi connectivity index (χ3v) is 7.80. The summed E-state index contributed by atoms with van der Waals surface area (Å²) < 4.78 is 0. The standard InChI is InChI=1S/C31H30Cl2N2O2/c1-18(36)35-27-14-13-24(33)17-25(27)34-26-15-21(19-7-11-23(32)12-8-19)16-28(37)29(26)30(35)20-5-9-22(10-6-20)31(2,3)4/h5-14,17,21,30,34H,15-16H2,1-4H3/t21-,30+/m1/s1. The molecule has 1 aliphatic carbocycles. The third-order valence-electron chi connectivity index (χ3n) is 7.32. The van der Waals surface area contributed by atoms with E-state index in [2.05, 4.69) is 38.2 Å². The van der Waals surface area contributed by atoms with E-state index in [1.54, 1.807) is 17.9 Å². The van der Waals surface area contributed by atoms with Gasteiger partial charge in [0.1, 0.15) is 0 Å². The van der Waals surface area contributed by atoms with Crippen LogP contribution in [0.2, 0.25) is 10.0 Å². The van der Waals surface area contributed by atoms with Crippen LogP contribution in [0.5, 0.6) is 0 Å². The molecule has 0 fully saturated rings. The lowest BCUT2D eigenvalue weighted by molar-refractivity contribution is -0.117. The molecule has 0 radical (unpaired) electrons. The second kappa shape index (κ2) is 9.66. The van der Waals surface area contributed by atoms with Crippen molar-refractivity contribution in [2.24, 2.45) is 0 Å². The van der Waals surface area contributed by atoms with Crippen molar-refractivity contribution in [3.63, 3.8) is 0 Å². The van der Waals surface area contributed by atoms with Gasteiger partial charge in [-0.1, -0.05) is 80.4 Å². The first-order valence-corrected chi connectivity index (χ1v) is 13.3. The summed E-state index contributed by atoms with van der Waals surface area (Å²) in [6.07, 6.45) is 0.999. The summed E-state index contributed by atoms with van der Waals surface area (Å²) in [4.78, 5) is 28.9. The fourth-order valence-electron chi connectivity index (χ4n) is 5.42. The van der Waals surface area contributed by atoms with Gasteiger partial charge in [-0.2, -0.15) is 0 Å². The molecular weight excluding hydrogens is 503 g/mol. The highest BCUT2D eigenvalue weighted by Gasteiger charge is 2.41. The van der Waals surface area contributed by atoms with Crippen LogP contribution in [0.1, 0.15) is 69.2 Å². The zero-order valence-corrected chi connectivity index (χ0v) is 23.0. The number of fused-ring (bicyclic) bond motifs is 1. The summed E-state index contributed by atoms with van der Waals surface area (Å²) in [6, 6.07) is 20.9. The Bertz CT molecular complexity index is 1400. The first-order chi connectivity index (χ1) is 17.5. The van der Waals surface area contributed by atoms with E-state index in [1.165, 1.54) is 5.56 Å². The molecule has 1 amide bonds. The van der Waals surface area contributed by atoms with Gasteiger partial charge in [-0.15, -0.1) is 0 Å². The molecule has 3 aromatic rings. The lowest BCUT2D eigenvalue weighted by Gasteiger charge is -2.35. The Labute approximate surface area is 228 Å². The minimum atomic E-state index is -0.546. The first kappa shape index (κ1) is 25.6. The molecular formula is C31H30Cl2N2O2. The summed E-state index contributed by atoms with van der Waals surface area (Å²) in [6.45, 7) is 8.05. The lowest BCUT2D eigenvalue weighted by atomic mass is 9.78. The molecule has 0 saturated heterocycles. The van der Waals surface area contributed by atoms with E-state index >= 15 is 0 Å². The predicted molar refractivity (Wildman–Crippen MR) is 152 cm³/mol. The van der Waals surface area contributed by atoms with Crippen molar-refractivity contribution < 1.29 is 9.59 Å². The van der Waals surface area contributed by atoms with Gasteiger partial charge in [0.05, 0.1) is 17.4 Å². The Balaban J connectivity index is 1.69. The Morgan fingerprint density at radius 1 is 0.892 bits per heavy atom. The number of nitrogens with zero attached hydrogens (tertiary/aromatic N) is 1. The average molecular weight is 533 g/mol. The molecule has 4 nitrogen and oxygen atoms in total. The number of carbonyl (C=O) groups excluding carboxylic acids is 2. The van der Waals surface area contributed by atoms with Crippen molar-refractivity contribution in [1.29, 1.82) is 0 Å². The number of nitrogens with one attached hydrogen (secondary N) is 1. The molecule has 0 unspecified atom stereocenters. The van der Waals surface area contributed by atoms with Crippen molar-refractivity contribution in [2.45, 2.75) is 57.9 Å². The summed E-state index contributed by atoms with van der Waals surface area (Å²) >= 11 is 12.5. The average Bonchev–Trinajstić information content (AvgIpc) is 2.98. The molecule has 1 heterocycles. The number of Topliss-reactive ketones (excluding diaryl/α,β-unsaturated/α-hetero) is 1.